The van der Waals surface area contributed by atoms with E-state index in [-0.39, 0.29) is 5.82 Å². The monoisotopic (exact) mass is 277 g/mol. The summed E-state index contributed by atoms with van der Waals surface area (Å²) in [5, 5.41) is 0.891. The second-order valence-corrected chi connectivity index (χ2v) is 5.26. The highest BCUT2D eigenvalue weighted by Gasteiger charge is 2.07. The van der Waals surface area contributed by atoms with Crippen LogP contribution in [0.4, 0.5) is 4.39 Å². The number of benzene rings is 2. The van der Waals surface area contributed by atoms with E-state index in [0.29, 0.717) is 11.4 Å². The number of hydrogen-bond donors (Lipinski definition) is 0. The summed E-state index contributed by atoms with van der Waals surface area (Å²) in [4.78, 5) is 4.45. The lowest BCUT2D eigenvalue weighted by molar-refractivity contribution is 0.629. The SMILES string of the molecule is Fc1ccc2sc(-c3cccc(CCl)c3)nc2c1. The van der Waals surface area contributed by atoms with Crippen molar-refractivity contribution in [1.82, 2.24) is 4.98 Å². The summed E-state index contributed by atoms with van der Waals surface area (Å²) in [7, 11) is 0. The van der Waals surface area contributed by atoms with Crippen molar-refractivity contribution in [3.8, 4) is 10.6 Å². The van der Waals surface area contributed by atoms with E-state index in [2.05, 4.69) is 4.98 Å². The third-order valence-corrected chi connectivity index (χ3v) is 4.07. The first-order valence-corrected chi connectivity index (χ1v) is 6.83. The zero-order valence-electron chi connectivity index (χ0n) is 9.36. The van der Waals surface area contributed by atoms with Gasteiger partial charge in [-0.05, 0) is 23.8 Å². The third-order valence-electron chi connectivity index (χ3n) is 2.68. The van der Waals surface area contributed by atoms with E-state index in [1.54, 1.807) is 17.4 Å². The van der Waals surface area contributed by atoms with E-state index in [4.69, 9.17) is 11.6 Å². The Morgan fingerprint density at radius 2 is 2.06 bits per heavy atom. The van der Waals surface area contributed by atoms with Gasteiger partial charge >= 0.3 is 0 Å². The van der Waals surface area contributed by atoms with Crippen LogP contribution in [-0.2, 0) is 5.88 Å². The quantitative estimate of drug-likeness (QED) is 0.611. The number of nitrogens with zero attached hydrogens (tertiary/aromatic N) is 1. The number of alkyl halides is 1. The summed E-state index contributed by atoms with van der Waals surface area (Å²) < 4.78 is 14.1. The molecule has 3 aromatic rings. The highest BCUT2D eigenvalue weighted by atomic mass is 35.5. The van der Waals surface area contributed by atoms with Crippen LogP contribution in [0.3, 0.4) is 0 Å². The molecular weight excluding hydrogens is 269 g/mol. The number of hydrogen-bond acceptors (Lipinski definition) is 2. The smallest absolute Gasteiger partial charge is 0.125 e. The van der Waals surface area contributed by atoms with Crippen LogP contribution in [0, 0.1) is 5.82 Å². The van der Waals surface area contributed by atoms with E-state index in [1.165, 1.54) is 12.1 Å². The maximum Gasteiger partial charge on any atom is 0.125 e. The first kappa shape index (κ1) is 11.6. The highest BCUT2D eigenvalue weighted by Crippen LogP contribution is 2.30. The number of thiazole rings is 1. The molecule has 1 heterocycles. The standard InChI is InChI=1S/C14H9ClFNS/c15-8-9-2-1-3-10(6-9)14-17-12-7-11(16)4-5-13(12)18-14/h1-7H,8H2. The van der Waals surface area contributed by atoms with Gasteiger partial charge in [-0.1, -0.05) is 18.2 Å². The Balaban J connectivity index is 2.13. The van der Waals surface area contributed by atoms with Gasteiger partial charge in [0.1, 0.15) is 10.8 Å². The minimum atomic E-state index is -0.256. The fraction of sp³-hybridized carbons (Fsp3) is 0.0714. The molecule has 0 aliphatic carbocycles. The van der Waals surface area contributed by atoms with Crippen LogP contribution in [0.25, 0.3) is 20.8 Å². The zero-order chi connectivity index (χ0) is 12.5. The molecule has 0 aliphatic heterocycles. The summed E-state index contributed by atoms with van der Waals surface area (Å²) >= 11 is 7.38. The Labute approximate surface area is 113 Å². The number of rotatable bonds is 2. The molecule has 0 bridgehead atoms. The van der Waals surface area contributed by atoms with Crippen LogP contribution >= 0.6 is 22.9 Å². The van der Waals surface area contributed by atoms with Crippen LogP contribution in [0.1, 0.15) is 5.56 Å². The predicted octanol–water partition coefficient (Wildman–Crippen LogP) is 4.84. The number of aromatic nitrogens is 1. The Kier molecular flexibility index (Phi) is 3.02. The largest absolute Gasteiger partial charge is 0.236 e. The number of halogens is 2. The molecule has 0 saturated carbocycles. The van der Waals surface area contributed by atoms with E-state index < -0.39 is 0 Å². The summed E-state index contributed by atoms with van der Waals surface area (Å²) in [6, 6.07) is 12.6. The van der Waals surface area contributed by atoms with Crippen LogP contribution in [0.2, 0.25) is 0 Å². The molecule has 2 aromatic carbocycles. The summed E-state index contributed by atoms with van der Waals surface area (Å²) in [6.45, 7) is 0. The van der Waals surface area contributed by atoms with Gasteiger partial charge in [0.15, 0.2) is 0 Å². The Hall–Kier alpha value is -1.45. The molecule has 90 valence electrons. The van der Waals surface area contributed by atoms with Crippen molar-refractivity contribution in [3.05, 3.63) is 53.8 Å². The van der Waals surface area contributed by atoms with Gasteiger partial charge in [0.05, 0.1) is 10.2 Å². The summed E-state index contributed by atoms with van der Waals surface area (Å²) in [5.41, 5.74) is 2.78. The lowest BCUT2D eigenvalue weighted by atomic mass is 10.1. The summed E-state index contributed by atoms with van der Waals surface area (Å²) in [6.07, 6.45) is 0. The van der Waals surface area contributed by atoms with E-state index in [9.17, 15) is 4.39 Å². The fourth-order valence-electron chi connectivity index (χ4n) is 1.81. The van der Waals surface area contributed by atoms with Crippen molar-refractivity contribution in [2.24, 2.45) is 0 Å². The molecular formula is C14H9ClFNS. The second kappa shape index (κ2) is 4.67. The molecule has 3 rings (SSSR count). The lowest BCUT2D eigenvalue weighted by Crippen LogP contribution is -1.80. The van der Waals surface area contributed by atoms with Gasteiger partial charge in [-0.25, -0.2) is 9.37 Å². The van der Waals surface area contributed by atoms with E-state index >= 15 is 0 Å². The minimum absolute atomic E-state index is 0.256. The molecule has 0 N–H and O–H groups in total. The van der Waals surface area contributed by atoms with Crippen molar-refractivity contribution in [3.63, 3.8) is 0 Å². The first-order valence-electron chi connectivity index (χ1n) is 5.47. The molecule has 4 heteroatoms. The molecule has 1 aromatic heterocycles. The Morgan fingerprint density at radius 1 is 1.17 bits per heavy atom. The van der Waals surface area contributed by atoms with E-state index in [1.807, 2.05) is 24.3 Å². The normalized spacial score (nSPS) is 11.0. The minimum Gasteiger partial charge on any atom is -0.236 e. The molecule has 0 aliphatic rings. The lowest BCUT2D eigenvalue weighted by Gasteiger charge is -1.98. The van der Waals surface area contributed by atoms with E-state index in [0.717, 1.165) is 20.8 Å². The van der Waals surface area contributed by atoms with Crippen LogP contribution < -0.4 is 0 Å². The first-order chi connectivity index (χ1) is 8.76. The van der Waals surface area contributed by atoms with Crippen LogP contribution in [-0.4, -0.2) is 4.98 Å². The van der Waals surface area contributed by atoms with Crippen molar-refractivity contribution in [2.75, 3.05) is 0 Å². The van der Waals surface area contributed by atoms with Gasteiger partial charge in [0, 0.05) is 17.5 Å². The average molecular weight is 278 g/mol. The van der Waals surface area contributed by atoms with Crippen molar-refractivity contribution < 1.29 is 4.39 Å². The van der Waals surface area contributed by atoms with Crippen molar-refractivity contribution in [2.45, 2.75) is 5.88 Å². The fourth-order valence-corrected chi connectivity index (χ4v) is 2.92. The van der Waals surface area contributed by atoms with Gasteiger partial charge in [-0.2, -0.15) is 0 Å². The van der Waals surface area contributed by atoms with Gasteiger partial charge in [0.2, 0.25) is 0 Å². The van der Waals surface area contributed by atoms with Crippen LogP contribution in [0.15, 0.2) is 42.5 Å². The molecule has 1 nitrogen and oxygen atoms in total. The summed E-state index contributed by atoms with van der Waals surface area (Å²) in [5.74, 6) is 0.224. The predicted molar refractivity (Wildman–Crippen MR) is 74.6 cm³/mol. The van der Waals surface area contributed by atoms with Gasteiger partial charge in [-0.3, -0.25) is 0 Å². The van der Waals surface area contributed by atoms with Crippen molar-refractivity contribution in [1.29, 1.82) is 0 Å². The topological polar surface area (TPSA) is 12.9 Å². The average Bonchev–Trinajstić information content (AvgIpc) is 2.81. The zero-order valence-corrected chi connectivity index (χ0v) is 10.9. The maximum absolute atomic E-state index is 13.1. The molecule has 18 heavy (non-hydrogen) atoms. The Bertz CT molecular complexity index is 708. The third kappa shape index (κ3) is 2.11. The maximum atomic E-state index is 13.1. The molecule has 0 unspecified atom stereocenters. The molecule has 0 saturated heterocycles. The van der Waals surface area contributed by atoms with Crippen LogP contribution in [0.5, 0.6) is 0 Å². The molecule has 0 fully saturated rings. The molecule has 0 spiro atoms. The van der Waals surface area contributed by atoms with Crippen molar-refractivity contribution >= 4 is 33.2 Å². The van der Waals surface area contributed by atoms with Gasteiger partial charge in [-0.15, -0.1) is 22.9 Å². The molecule has 0 radical (unpaired) electrons. The molecule has 0 atom stereocenters. The van der Waals surface area contributed by atoms with Gasteiger partial charge < -0.3 is 0 Å². The van der Waals surface area contributed by atoms with Gasteiger partial charge in [0.25, 0.3) is 0 Å². The second-order valence-electron chi connectivity index (χ2n) is 3.97. The molecule has 0 amide bonds. The number of fused-ring (bicyclic) bond motifs is 1. The Morgan fingerprint density at radius 3 is 2.89 bits per heavy atom. The highest BCUT2D eigenvalue weighted by molar-refractivity contribution is 7.21.